The molecule has 0 saturated heterocycles. The first kappa shape index (κ1) is 21.2. The Labute approximate surface area is 174 Å². The third kappa shape index (κ3) is 5.96. The van der Waals surface area contributed by atoms with Crippen molar-refractivity contribution < 1.29 is 14.6 Å². The van der Waals surface area contributed by atoms with Crippen molar-refractivity contribution in [1.82, 2.24) is 19.4 Å². The molecule has 0 radical (unpaired) electrons. The van der Waals surface area contributed by atoms with Crippen LogP contribution in [-0.4, -0.2) is 45.1 Å². The van der Waals surface area contributed by atoms with Gasteiger partial charge in [-0.05, 0) is 36.6 Å². The number of aromatic nitrogens is 2. The molecule has 154 valence electrons. The van der Waals surface area contributed by atoms with Crippen molar-refractivity contribution in [3.05, 3.63) is 53.6 Å². The number of aliphatic hydroxyl groups excluding tert-OH is 1. The second-order valence-corrected chi connectivity index (χ2v) is 7.43. The highest BCUT2D eigenvalue weighted by molar-refractivity contribution is 7.00. The molecule has 1 amide bonds. The molecule has 0 spiro atoms. The maximum absolute atomic E-state index is 12.2. The molecule has 0 fully saturated rings. The number of ether oxygens (including phenoxy) is 1. The Morgan fingerprint density at radius 2 is 2.00 bits per heavy atom. The lowest BCUT2D eigenvalue weighted by Gasteiger charge is -2.21. The Morgan fingerprint density at radius 3 is 2.83 bits per heavy atom. The van der Waals surface area contributed by atoms with Gasteiger partial charge in [-0.25, -0.2) is 0 Å². The van der Waals surface area contributed by atoms with Crippen LogP contribution in [0.1, 0.15) is 25.0 Å². The standard InChI is InChI=1S/C21H26N4O3S/c1-3-15-6-4-7-16(10-15)11-22-12-18(26)14(2)23-20(27)13-28-19-9-5-8-17-21(19)25-29-24-17/h4-10,14,18,22,26H,3,11-13H2,1-2H3,(H,23,27). The second-order valence-electron chi connectivity index (χ2n) is 6.90. The number of rotatable bonds is 10. The molecule has 7 nitrogen and oxygen atoms in total. The minimum atomic E-state index is -0.709. The van der Waals surface area contributed by atoms with Crippen LogP contribution in [0.2, 0.25) is 0 Å². The van der Waals surface area contributed by atoms with Crippen LogP contribution < -0.4 is 15.4 Å². The van der Waals surface area contributed by atoms with E-state index >= 15 is 0 Å². The molecule has 0 saturated carbocycles. The summed E-state index contributed by atoms with van der Waals surface area (Å²) in [5, 5.41) is 16.3. The summed E-state index contributed by atoms with van der Waals surface area (Å²) in [6.45, 7) is 4.79. The van der Waals surface area contributed by atoms with Gasteiger partial charge < -0.3 is 20.5 Å². The highest BCUT2D eigenvalue weighted by atomic mass is 32.1. The van der Waals surface area contributed by atoms with Crippen LogP contribution in [0.3, 0.4) is 0 Å². The first-order valence-electron chi connectivity index (χ1n) is 9.67. The van der Waals surface area contributed by atoms with E-state index in [1.54, 1.807) is 13.0 Å². The van der Waals surface area contributed by atoms with Gasteiger partial charge in [0.25, 0.3) is 5.91 Å². The summed E-state index contributed by atoms with van der Waals surface area (Å²) in [7, 11) is 0. The summed E-state index contributed by atoms with van der Waals surface area (Å²) in [6, 6.07) is 13.4. The Bertz CT molecular complexity index is 946. The lowest BCUT2D eigenvalue weighted by molar-refractivity contribution is -0.124. The molecule has 2 aromatic carbocycles. The first-order chi connectivity index (χ1) is 14.1. The van der Waals surface area contributed by atoms with E-state index < -0.39 is 12.1 Å². The largest absolute Gasteiger partial charge is 0.481 e. The van der Waals surface area contributed by atoms with E-state index in [4.69, 9.17) is 4.74 Å². The SMILES string of the molecule is CCc1cccc(CNCC(O)C(C)NC(=O)COc2cccc3nsnc23)c1. The highest BCUT2D eigenvalue weighted by Gasteiger charge is 2.17. The average Bonchev–Trinajstić information content (AvgIpc) is 3.21. The van der Waals surface area contributed by atoms with Crippen LogP contribution in [-0.2, 0) is 17.8 Å². The van der Waals surface area contributed by atoms with Gasteiger partial charge in [0.1, 0.15) is 16.8 Å². The highest BCUT2D eigenvalue weighted by Crippen LogP contribution is 2.23. The van der Waals surface area contributed by atoms with Crippen molar-refractivity contribution in [1.29, 1.82) is 0 Å². The number of hydrogen-bond acceptors (Lipinski definition) is 7. The van der Waals surface area contributed by atoms with E-state index in [-0.39, 0.29) is 12.5 Å². The third-order valence-corrected chi connectivity index (χ3v) is 5.20. The quantitative estimate of drug-likeness (QED) is 0.471. The Kier molecular flexibility index (Phi) is 7.51. The zero-order chi connectivity index (χ0) is 20.6. The maximum Gasteiger partial charge on any atom is 0.258 e. The van der Waals surface area contributed by atoms with Crippen LogP contribution >= 0.6 is 11.7 Å². The lowest BCUT2D eigenvalue weighted by Crippen LogP contribution is -2.46. The van der Waals surface area contributed by atoms with Crippen molar-refractivity contribution >= 4 is 28.7 Å². The summed E-state index contributed by atoms with van der Waals surface area (Å²) in [5.41, 5.74) is 3.85. The monoisotopic (exact) mass is 414 g/mol. The molecular formula is C21H26N4O3S. The first-order valence-corrected chi connectivity index (χ1v) is 10.4. The average molecular weight is 415 g/mol. The molecule has 2 unspecified atom stereocenters. The molecule has 1 heterocycles. The van der Waals surface area contributed by atoms with Gasteiger partial charge in [-0.2, -0.15) is 8.75 Å². The van der Waals surface area contributed by atoms with E-state index in [0.717, 1.165) is 23.7 Å². The fourth-order valence-electron chi connectivity index (χ4n) is 2.93. The molecule has 3 N–H and O–H groups in total. The van der Waals surface area contributed by atoms with E-state index in [0.29, 0.717) is 24.4 Å². The molecule has 2 atom stereocenters. The maximum atomic E-state index is 12.2. The van der Waals surface area contributed by atoms with Gasteiger partial charge in [0.15, 0.2) is 6.61 Å². The smallest absolute Gasteiger partial charge is 0.258 e. The van der Waals surface area contributed by atoms with Crippen LogP contribution in [0.4, 0.5) is 0 Å². The van der Waals surface area contributed by atoms with Crippen LogP contribution in [0.15, 0.2) is 42.5 Å². The molecule has 1 aromatic heterocycles. The summed E-state index contributed by atoms with van der Waals surface area (Å²) < 4.78 is 13.9. The fraction of sp³-hybridized carbons (Fsp3) is 0.381. The second kappa shape index (κ2) is 10.3. The van der Waals surface area contributed by atoms with Gasteiger partial charge in [-0.15, -0.1) is 0 Å². The van der Waals surface area contributed by atoms with Gasteiger partial charge in [0, 0.05) is 13.1 Å². The summed E-state index contributed by atoms with van der Waals surface area (Å²) in [6.07, 6.45) is 0.286. The molecule has 3 aromatic rings. The number of nitrogens with zero attached hydrogens (tertiary/aromatic N) is 2. The predicted octanol–water partition coefficient (Wildman–Crippen LogP) is 2.29. The van der Waals surface area contributed by atoms with Crippen LogP contribution in [0, 0.1) is 0 Å². The summed E-state index contributed by atoms with van der Waals surface area (Å²) in [4.78, 5) is 12.2. The van der Waals surface area contributed by atoms with Crippen LogP contribution in [0.5, 0.6) is 5.75 Å². The third-order valence-electron chi connectivity index (χ3n) is 4.66. The molecule has 0 aliphatic heterocycles. The lowest BCUT2D eigenvalue weighted by atomic mass is 10.1. The van der Waals surface area contributed by atoms with E-state index in [9.17, 15) is 9.90 Å². The topological polar surface area (TPSA) is 96.4 Å². The minimum absolute atomic E-state index is 0.148. The van der Waals surface area contributed by atoms with Crippen molar-refractivity contribution in [2.45, 2.75) is 39.0 Å². The van der Waals surface area contributed by atoms with Crippen molar-refractivity contribution in [2.24, 2.45) is 0 Å². The van der Waals surface area contributed by atoms with E-state index in [2.05, 4.69) is 44.5 Å². The number of hydrogen-bond donors (Lipinski definition) is 3. The van der Waals surface area contributed by atoms with E-state index in [1.807, 2.05) is 18.2 Å². The number of carbonyl (C=O) groups is 1. The van der Waals surface area contributed by atoms with Gasteiger partial charge in [-0.3, -0.25) is 4.79 Å². The van der Waals surface area contributed by atoms with Gasteiger partial charge in [-0.1, -0.05) is 37.3 Å². The molecule has 3 rings (SSSR count). The van der Waals surface area contributed by atoms with Gasteiger partial charge in [0.05, 0.1) is 23.9 Å². The van der Waals surface area contributed by atoms with Crippen molar-refractivity contribution in [3.63, 3.8) is 0 Å². The number of aliphatic hydroxyl groups is 1. The summed E-state index contributed by atoms with van der Waals surface area (Å²) in [5.74, 6) is 0.225. The molecule has 0 aliphatic carbocycles. The zero-order valence-corrected chi connectivity index (χ0v) is 17.4. The predicted molar refractivity (Wildman–Crippen MR) is 114 cm³/mol. The number of amides is 1. The van der Waals surface area contributed by atoms with E-state index in [1.165, 1.54) is 11.1 Å². The van der Waals surface area contributed by atoms with Gasteiger partial charge >= 0.3 is 0 Å². The van der Waals surface area contributed by atoms with Gasteiger partial charge in [0.2, 0.25) is 0 Å². The Hall–Kier alpha value is -2.55. The van der Waals surface area contributed by atoms with Crippen LogP contribution in [0.25, 0.3) is 11.0 Å². The van der Waals surface area contributed by atoms with Crippen molar-refractivity contribution in [3.8, 4) is 5.75 Å². The molecular weight excluding hydrogens is 388 g/mol. The number of aryl methyl sites for hydroxylation is 1. The number of benzene rings is 2. The molecule has 0 aliphatic rings. The summed E-state index contributed by atoms with van der Waals surface area (Å²) >= 11 is 1.10. The Morgan fingerprint density at radius 1 is 1.21 bits per heavy atom. The number of carbonyl (C=O) groups excluding carboxylic acids is 1. The molecule has 29 heavy (non-hydrogen) atoms. The number of nitrogens with one attached hydrogen (secondary N) is 2. The normalized spacial score (nSPS) is 13.2. The molecule has 0 bridgehead atoms. The molecule has 8 heteroatoms. The Balaban J connectivity index is 1.41. The minimum Gasteiger partial charge on any atom is -0.481 e. The van der Waals surface area contributed by atoms with Crippen molar-refractivity contribution in [2.75, 3.05) is 13.2 Å². The fourth-order valence-corrected chi connectivity index (χ4v) is 3.47. The number of fused-ring (bicyclic) bond motifs is 1. The zero-order valence-electron chi connectivity index (χ0n) is 16.6.